The average molecular weight is 380 g/mol. The molecule has 3 aromatic rings. The lowest BCUT2D eigenvalue weighted by molar-refractivity contribution is 0.0928. The zero-order valence-corrected chi connectivity index (χ0v) is 15.8. The molecule has 144 valence electrons. The van der Waals surface area contributed by atoms with Crippen LogP contribution in [0.3, 0.4) is 0 Å². The van der Waals surface area contributed by atoms with Gasteiger partial charge in [0.25, 0.3) is 0 Å². The molecule has 2 aromatic carbocycles. The molecule has 1 aromatic heterocycles. The second-order valence-corrected chi connectivity index (χ2v) is 5.74. The lowest BCUT2D eigenvalue weighted by Crippen LogP contribution is -2.16. The maximum Gasteiger partial charge on any atom is 0.307 e. The molecule has 0 atom stereocenters. The summed E-state index contributed by atoms with van der Waals surface area (Å²) >= 11 is 0. The topological polar surface area (TPSA) is 82.3 Å². The van der Waals surface area contributed by atoms with Gasteiger partial charge in [0, 0.05) is 17.2 Å². The number of nitrogens with zero attached hydrogens (tertiary/aromatic N) is 1. The summed E-state index contributed by atoms with van der Waals surface area (Å²) in [6.45, 7) is 0. The average Bonchev–Trinajstić information content (AvgIpc) is 3.24. The van der Waals surface area contributed by atoms with Crippen LogP contribution in [0.15, 0.2) is 64.1 Å². The van der Waals surface area contributed by atoms with Crippen molar-refractivity contribution in [3.63, 3.8) is 0 Å². The summed E-state index contributed by atoms with van der Waals surface area (Å²) in [4.78, 5) is 12.2. The Morgan fingerprint density at radius 1 is 0.893 bits per heavy atom. The van der Waals surface area contributed by atoms with E-state index in [-0.39, 0.29) is 5.76 Å². The minimum atomic E-state index is -0.453. The molecule has 0 bridgehead atoms. The highest BCUT2D eigenvalue weighted by Gasteiger charge is 2.11. The molecule has 3 rings (SSSR count). The molecular weight excluding hydrogens is 360 g/mol. The molecule has 0 spiro atoms. The molecule has 0 aliphatic heterocycles. The van der Waals surface area contributed by atoms with Crippen molar-refractivity contribution in [1.82, 2.24) is 5.43 Å². The van der Waals surface area contributed by atoms with Crippen LogP contribution in [0.25, 0.3) is 11.3 Å². The zero-order valence-electron chi connectivity index (χ0n) is 15.8. The number of amides is 1. The molecule has 7 heteroatoms. The Kier molecular flexibility index (Phi) is 5.96. The van der Waals surface area contributed by atoms with Crippen molar-refractivity contribution in [3.8, 4) is 28.6 Å². The number of furan rings is 1. The van der Waals surface area contributed by atoms with E-state index < -0.39 is 5.91 Å². The molecule has 0 saturated carbocycles. The standard InChI is InChI=1S/C21H20N2O5/c1-25-16-6-4-15(5-7-16)19-8-9-20(28-19)21(24)23-22-13-14-10-17(26-2)12-18(11-14)27-3/h4-13H,1-3H3,(H,23,24). The molecule has 0 aliphatic rings. The molecular formula is C21H20N2O5. The Morgan fingerprint density at radius 2 is 1.54 bits per heavy atom. The number of hydrogen-bond donors (Lipinski definition) is 1. The van der Waals surface area contributed by atoms with Gasteiger partial charge in [-0.15, -0.1) is 0 Å². The first-order valence-electron chi connectivity index (χ1n) is 8.43. The molecule has 7 nitrogen and oxygen atoms in total. The van der Waals surface area contributed by atoms with Crippen LogP contribution in [0.1, 0.15) is 16.1 Å². The lowest BCUT2D eigenvalue weighted by Gasteiger charge is -2.05. The Labute approximate surface area is 162 Å². The molecule has 1 N–H and O–H groups in total. The summed E-state index contributed by atoms with van der Waals surface area (Å²) in [7, 11) is 4.73. The SMILES string of the molecule is COc1ccc(-c2ccc(C(=O)NN=Cc3cc(OC)cc(OC)c3)o2)cc1. The zero-order chi connectivity index (χ0) is 19.9. The normalized spacial score (nSPS) is 10.7. The summed E-state index contributed by atoms with van der Waals surface area (Å²) in [5.41, 5.74) is 4.00. The largest absolute Gasteiger partial charge is 0.497 e. The van der Waals surface area contributed by atoms with Crippen LogP contribution in [0.2, 0.25) is 0 Å². The third-order valence-electron chi connectivity index (χ3n) is 3.96. The van der Waals surface area contributed by atoms with Crippen molar-refractivity contribution < 1.29 is 23.4 Å². The third kappa shape index (κ3) is 4.50. The summed E-state index contributed by atoms with van der Waals surface area (Å²) < 4.78 is 21.1. The Balaban J connectivity index is 1.67. The first-order valence-corrected chi connectivity index (χ1v) is 8.43. The molecule has 0 saturated heterocycles. The van der Waals surface area contributed by atoms with Crippen LogP contribution < -0.4 is 19.6 Å². The van der Waals surface area contributed by atoms with E-state index in [1.54, 1.807) is 51.7 Å². The maximum absolute atomic E-state index is 12.2. The number of hydrogen-bond acceptors (Lipinski definition) is 6. The Morgan fingerprint density at radius 3 is 2.14 bits per heavy atom. The van der Waals surface area contributed by atoms with Crippen LogP contribution in [0.5, 0.6) is 17.2 Å². The van der Waals surface area contributed by atoms with Crippen LogP contribution in [0, 0.1) is 0 Å². The summed E-state index contributed by atoms with van der Waals surface area (Å²) in [6.07, 6.45) is 1.50. The monoisotopic (exact) mass is 380 g/mol. The summed E-state index contributed by atoms with van der Waals surface area (Å²) in [5.74, 6) is 2.28. The Bertz CT molecular complexity index is 954. The highest BCUT2D eigenvalue weighted by Crippen LogP contribution is 2.24. The van der Waals surface area contributed by atoms with Gasteiger partial charge in [0.15, 0.2) is 5.76 Å². The predicted octanol–water partition coefficient (Wildman–Crippen LogP) is 3.74. The van der Waals surface area contributed by atoms with E-state index in [0.717, 1.165) is 16.9 Å². The molecule has 1 heterocycles. The van der Waals surface area contributed by atoms with Crippen LogP contribution in [0.4, 0.5) is 0 Å². The van der Waals surface area contributed by atoms with Crippen molar-refractivity contribution in [2.24, 2.45) is 5.10 Å². The number of nitrogens with one attached hydrogen (secondary N) is 1. The van der Waals surface area contributed by atoms with Gasteiger partial charge < -0.3 is 18.6 Å². The minimum absolute atomic E-state index is 0.159. The van der Waals surface area contributed by atoms with Crippen molar-refractivity contribution in [2.45, 2.75) is 0 Å². The third-order valence-corrected chi connectivity index (χ3v) is 3.96. The van der Waals surface area contributed by atoms with Crippen molar-refractivity contribution >= 4 is 12.1 Å². The number of carbonyl (C=O) groups excluding carboxylic acids is 1. The van der Waals surface area contributed by atoms with Gasteiger partial charge >= 0.3 is 5.91 Å². The number of methoxy groups -OCH3 is 3. The number of carbonyl (C=O) groups is 1. The van der Waals surface area contributed by atoms with Gasteiger partial charge in [0.05, 0.1) is 27.5 Å². The van der Waals surface area contributed by atoms with Crippen LogP contribution >= 0.6 is 0 Å². The smallest absolute Gasteiger partial charge is 0.307 e. The molecule has 0 fully saturated rings. The number of ether oxygens (including phenoxy) is 3. The molecule has 1 amide bonds. The van der Waals surface area contributed by atoms with Crippen molar-refractivity contribution in [2.75, 3.05) is 21.3 Å². The molecule has 28 heavy (non-hydrogen) atoms. The van der Waals surface area contributed by atoms with Gasteiger partial charge in [-0.1, -0.05) is 0 Å². The summed E-state index contributed by atoms with van der Waals surface area (Å²) in [6, 6.07) is 16.0. The second-order valence-electron chi connectivity index (χ2n) is 5.74. The van der Waals surface area contributed by atoms with Gasteiger partial charge in [-0.05, 0) is 48.5 Å². The van der Waals surface area contributed by atoms with Gasteiger partial charge in [0.1, 0.15) is 23.0 Å². The second kappa shape index (κ2) is 8.77. The van der Waals surface area contributed by atoms with Crippen LogP contribution in [-0.4, -0.2) is 33.5 Å². The van der Waals surface area contributed by atoms with Gasteiger partial charge in [-0.2, -0.15) is 5.10 Å². The van der Waals surface area contributed by atoms with E-state index in [0.29, 0.717) is 17.3 Å². The maximum atomic E-state index is 12.2. The number of benzene rings is 2. The van der Waals surface area contributed by atoms with Crippen molar-refractivity contribution in [1.29, 1.82) is 0 Å². The van der Waals surface area contributed by atoms with E-state index in [1.807, 2.05) is 24.3 Å². The quantitative estimate of drug-likeness (QED) is 0.499. The predicted molar refractivity (Wildman–Crippen MR) is 105 cm³/mol. The van der Waals surface area contributed by atoms with Gasteiger partial charge in [-0.25, -0.2) is 5.43 Å². The number of rotatable bonds is 7. The lowest BCUT2D eigenvalue weighted by atomic mass is 10.2. The van der Waals surface area contributed by atoms with Gasteiger partial charge in [-0.3, -0.25) is 4.79 Å². The molecule has 0 aliphatic carbocycles. The fourth-order valence-electron chi connectivity index (χ4n) is 2.49. The van der Waals surface area contributed by atoms with Crippen molar-refractivity contribution in [3.05, 3.63) is 65.9 Å². The first kappa shape index (κ1) is 19.0. The molecule has 0 radical (unpaired) electrons. The van der Waals surface area contributed by atoms with E-state index in [1.165, 1.54) is 6.21 Å². The fourth-order valence-corrected chi connectivity index (χ4v) is 2.49. The van der Waals surface area contributed by atoms with E-state index in [2.05, 4.69) is 10.5 Å². The van der Waals surface area contributed by atoms with Crippen LogP contribution in [-0.2, 0) is 0 Å². The van der Waals surface area contributed by atoms with E-state index in [4.69, 9.17) is 18.6 Å². The Hall–Kier alpha value is -3.74. The van der Waals surface area contributed by atoms with E-state index in [9.17, 15) is 4.79 Å². The fraction of sp³-hybridized carbons (Fsp3) is 0.143. The highest BCUT2D eigenvalue weighted by atomic mass is 16.5. The first-order chi connectivity index (χ1) is 13.6. The van der Waals surface area contributed by atoms with E-state index >= 15 is 0 Å². The summed E-state index contributed by atoms with van der Waals surface area (Å²) in [5, 5.41) is 3.96. The van der Waals surface area contributed by atoms with Gasteiger partial charge in [0.2, 0.25) is 0 Å². The minimum Gasteiger partial charge on any atom is -0.497 e. The molecule has 0 unspecified atom stereocenters. The number of hydrazone groups is 1. The highest BCUT2D eigenvalue weighted by molar-refractivity contribution is 5.93.